The van der Waals surface area contributed by atoms with E-state index < -0.39 is 0 Å². The zero-order chi connectivity index (χ0) is 22.2. The summed E-state index contributed by atoms with van der Waals surface area (Å²) in [4.78, 5) is 27.2. The number of aryl methyl sites for hydroxylation is 2. The fourth-order valence-electron chi connectivity index (χ4n) is 3.60. The third-order valence-corrected chi connectivity index (χ3v) is 5.71. The molecule has 0 bridgehead atoms. The van der Waals surface area contributed by atoms with Crippen LogP contribution in [0.2, 0.25) is 0 Å². The Morgan fingerprint density at radius 2 is 1.94 bits per heavy atom. The first kappa shape index (κ1) is 22.8. The van der Waals surface area contributed by atoms with E-state index in [1.165, 1.54) is 10.5 Å². The molecule has 31 heavy (non-hydrogen) atoms. The van der Waals surface area contributed by atoms with Gasteiger partial charge in [0.15, 0.2) is 6.61 Å². The van der Waals surface area contributed by atoms with Crippen LogP contribution in [0.25, 0.3) is 0 Å². The highest BCUT2D eigenvalue weighted by Gasteiger charge is 2.25. The van der Waals surface area contributed by atoms with Crippen LogP contribution in [0.4, 0.5) is 5.69 Å². The van der Waals surface area contributed by atoms with Gasteiger partial charge < -0.3 is 19.7 Å². The second kappa shape index (κ2) is 11.0. The van der Waals surface area contributed by atoms with Gasteiger partial charge in [-0.2, -0.15) is 0 Å². The van der Waals surface area contributed by atoms with Crippen molar-refractivity contribution in [3.05, 3.63) is 59.2 Å². The van der Waals surface area contributed by atoms with Crippen molar-refractivity contribution in [2.24, 2.45) is 0 Å². The zero-order valence-electron chi connectivity index (χ0n) is 18.6. The predicted octanol–water partition coefficient (Wildman–Crippen LogP) is 3.89. The summed E-state index contributed by atoms with van der Waals surface area (Å²) in [6.07, 6.45) is 2.77. The smallest absolute Gasteiger partial charge is 0.261 e. The van der Waals surface area contributed by atoms with Crippen molar-refractivity contribution >= 4 is 17.5 Å². The number of anilines is 1. The lowest BCUT2D eigenvalue weighted by atomic mass is 10.1. The second-order valence-electron chi connectivity index (χ2n) is 7.99. The average molecular weight is 425 g/mol. The number of amides is 2. The minimum absolute atomic E-state index is 0.0375. The summed E-state index contributed by atoms with van der Waals surface area (Å²) < 4.78 is 11.4. The normalized spacial score (nSPS) is 15.5. The molecule has 166 valence electrons. The molecule has 1 heterocycles. The van der Waals surface area contributed by atoms with Crippen LogP contribution in [0.5, 0.6) is 5.75 Å². The van der Waals surface area contributed by atoms with Gasteiger partial charge in [-0.3, -0.25) is 9.59 Å². The molecule has 3 rings (SSSR count). The van der Waals surface area contributed by atoms with Crippen LogP contribution in [-0.2, 0) is 20.7 Å². The number of rotatable bonds is 9. The molecule has 0 aromatic heterocycles. The molecule has 2 amide bonds. The van der Waals surface area contributed by atoms with Crippen molar-refractivity contribution in [1.82, 2.24) is 4.90 Å². The van der Waals surface area contributed by atoms with Crippen molar-refractivity contribution in [2.45, 2.75) is 46.1 Å². The zero-order valence-corrected chi connectivity index (χ0v) is 18.6. The molecule has 0 saturated carbocycles. The van der Waals surface area contributed by atoms with Crippen molar-refractivity contribution in [2.75, 3.05) is 31.6 Å². The third-order valence-electron chi connectivity index (χ3n) is 5.71. The monoisotopic (exact) mass is 424 g/mol. The lowest BCUT2D eigenvalue weighted by molar-refractivity contribution is -0.138. The summed E-state index contributed by atoms with van der Waals surface area (Å²) in [5.74, 6) is 0.181. The van der Waals surface area contributed by atoms with E-state index in [1.807, 2.05) is 56.3 Å². The Kier molecular flexibility index (Phi) is 8.06. The highest BCUT2D eigenvalue weighted by Crippen LogP contribution is 2.19. The molecule has 0 aliphatic carbocycles. The van der Waals surface area contributed by atoms with E-state index in [1.54, 1.807) is 0 Å². The number of carbonyl (C=O) groups excluding carboxylic acids is 2. The number of nitrogens with one attached hydrogen (secondary N) is 1. The summed E-state index contributed by atoms with van der Waals surface area (Å²) in [7, 11) is 0. The lowest BCUT2D eigenvalue weighted by Crippen LogP contribution is -2.44. The van der Waals surface area contributed by atoms with E-state index in [4.69, 9.17) is 9.47 Å². The summed E-state index contributed by atoms with van der Waals surface area (Å²) in [6, 6.07) is 13.5. The Bertz CT molecular complexity index is 889. The Morgan fingerprint density at radius 3 is 2.61 bits per heavy atom. The first-order valence-corrected chi connectivity index (χ1v) is 10.9. The number of benzene rings is 2. The van der Waals surface area contributed by atoms with Crippen LogP contribution < -0.4 is 10.1 Å². The number of hydrogen-bond donors (Lipinski definition) is 1. The molecule has 0 spiro atoms. The molecule has 6 heteroatoms. The van der Waals surface area contributed by atoms with E-state index in [0.29, 0.717) is 18.9 Å². The van der Waals surface area contributed by atoms with Gasteiger partial charge in [0.1, 0.15) is 12.3 Å². The Labute approximate surface area is 184 Å². The van der Waals surface area contributed by atoms with E-state index in [-0.39, 0.29) is 31.1 Å². The fraction of sp³-hybridized carbons (Fsp3) is 0.440. The van der Waals surface area contributed by atoms with Crippen LogP contribution in [0, 0.1) is 13.8 Å². The van der Waals surface area contributed by atoms with Gasteiger partial charge in [0.25, 0.3) is 5.91 Å². The molecule has 6 nitrogen and oxygen atoms in total. The van der Waals surface area contributed by atoms with Crippen LogP contribution >= 0.6 is 0 Å². The van der Waals surface area contributed by atoms with E-state index >= 15 is 0 Å². The van der Waals surface area contributed by atoms with Crippen molar-refractivity contribution < 1.29 is 19.1 Å². The van der Waals surface area contributed by atoms with Gasteiger partial charge in [-0.05, 0) is 68.0 Å². The highest BCUT2D eigenvalue weighted by molar-refractivity contribution is 5.95. The molecule has 1 N–H and O–H groups in total. The maximum atomic E-state index is 12.9. The average Bonchev–Trinajstić information content (AvgIpc) is 3.28. The SMILES string of the molecule is CCc1ccc(OCC(=O)N(CC(=O)Nc2cccc(C)c2C)CC2CCCO2)cc1. The standard InChI is InChI=1S/C25H32N2O4/c1-4-20-10-12-21(13-11-20)31-17-25(29)27(15-22-8-6-14-30-22)16-24(28)26-23-9-5-7-18(2)19(23)3/h5,7,9-13,22H,4,6,8,14-17H2,1-3H3,(H,26,28). The minimum atomic E-state index is -0.230. The summed E-state index contributed by atoms with van der Waals surface area (Å²) in [5.41, 5.74) is 4.10. The maximum Gasteiger partial charge on any atom is 0.261 e. The Balaban J connectivity index is 1.62. The quantitative estimate of drug-likeness (QED) is 0.663. The molecule has 1 atom stereocenters. The largest absolute Gasteiger partial charge is 0.484 e. The molecule has 1 fully saturated rings. The van der Waals surface area contributed by atoms with Crippen LogP contribution in [0.3, 0.4) is 0 Å². The Hall–Kier alpha value is -2.86. The topological polar surface area (TPSA) is 67.9 Å². The number of ether oxygens (including phenoxy) is 2. The number of hydrogen-bond acceptors (Lipinski definition) is 4. The first-order chi connectivity index (χ1) is 15.0. The van der Waals surface area contributed by atoms with Crippen LogP contribution in [0.1, 0.15) is 36.5 Å². The van der Waals surface area contributed by atoms with Gasteiger partial charge in [-0.15, -0.1) is 0 Å². The van der Waals surface area contributed by atoms with Gasteiger partial charge in [0, 0.05) is 18.8 Å². The van der Waals surface area contributed by atoms with Crippen molar-refractivity contribution in [3.63, 3.8) is 0 Å². The molecular formula is C25H32N2O4. The highest BCUT2D eigenvalue weighted by atomic mass is 16.5. The molecule has 1 aliphatic rings. The molecular weight excluding hydrogens is 392 g/mol. The third kappa shape index (κ3) is 6.56. The summed E-state index contributed by atoms with van der Waals surface area (Å²) in [6.45, 7) is 6.99. The van der Waals surface area contributed by atoms with E-state index in [9.17, 15) is 9.59 Å². The van der Waals surface area contributed by atoms with Gasteiger partial charge in [0.05, 0.1) is 6.10 Å². The molecule has 1 aliphatic heterocycles. The van der Waals surface area contributed by atoms with Gasteiger partial charge in [-0.25, -0.2) is 0 Å². The number of nitrogens with zero attached hydrogens (tertiary/aromatic N) is 1. The molecule has 2 aromatic carbocycles. The molecule has 1 saturated heterocycles. The minimum Gasteiger partial charge on any atom is -0.484 e. The predicted molar refractivity (Wildman–Crippen MR) is 121 cm³/mol. The molecule has 0 radical (unpaired) electrons. The summed E-state index contributed by atoms with van der Waals surface area (Å²) >= 11 is 0. The second-order valence-corrected chi connectivity index (χ2v) is 7.99. The van der Waals surface area contributed by atoms with E-state index in [0.717, 1.165) is 36.1 Å². The first-order valence-electron chi connectivity index (χ1n) is 10.9. The maximum absolute atomic E-state index is 12.9. The lowest BCUT2D eigenvalue weighted by Gasteiger charge is -2.25. The molecule has 1 unspecified atom stereocenters. The fourth-order valence-corrected chi connectivity index (χ4v) is 3.60. The van der Waals surface area contributed by atoms with Gasteiger partial charge in [0.2, 0.25) is 5.91 Å². The van der Waals surface area contributed by atoms with Crippen molar-refractivity contribution in [3.8, 4) is 5.75 Å². The Morgan fingerprint density at radius 1 is 1.16 bits per heavy atom. The van der Waals surface area contributed by atoms with E-state index in [2.05, 4.69) is 12.2 Å². The summed E-state index contributed by atoms with van der Waals surface area (Å²) in [5, 5.41) is 2.93. The van der Waals surface area contributed by atoms with Gasteiger partial charge >= 0.3 is 0 Å². The van der Waals surface area contributed by atoms with Crippen molar-refractivity contribution in [1.29, 1.82) is 0 Å². The molecule has 2 aromatic rings. The van der Waals surface area contributed by atoms with Crippen LogP contribution in [-0.4, -0.2) is 49.1 Å². The number of carbonyl (C=O) groups is 2. The van der Waals surface area contributed by atoms with Gasteiger partial charge in [-0.1, -0.05) is 31.2 Å². The van der Waals surface area contributed by atoms with Crippen LogP contribution in [0.15, 0.2) is 42.5 Å².